The maximum Gasteiger partial charge on any atom is 0.0271 e. The van der Waals surface area contributed by atoms with Crippen molar-refractivity contribution in [3.63, 3.8) is 0 Å². The van der Waals surface area contributed by atoms with Crippen LogP contribution in [-0.2, 0) is 0 Å². The maximum absolute atomic E-state index is 3.61. The van der Waals surface area contributed by atoms with E-state index in [1.807, 2.05) is 0 Å². The molecule has 0 heterocycles. The van der Waals surface area contributed by atoms with Crippen LogP contribution in [0.3, 0.4) is 0 Å². The van der Waals surface area contributed by atoms with Gasteiger partial charge in [0.25, 0.3) is 0 Å². The van der Waals surface area contributed by atoms with Gasteiger partial charge in [-0.15, -0.1) is 0 Å². The summed E-state index contributed by atoms with van der Waals surface area (Å²) >= 11 is 0. The Morgan fingerprint density at radius 2 is 1.95 bits per heavy atom. The second kappa shape index (κ2) is 7.05. The van der Waals surface area contributed by atoms with Crippen LogP contribution < -0.4 is 5.32 Å². The molecule has 0 aliphatic heterocycles. The smallest absolute Gasteiger partial charge is 0.0271 e. The van der Waals surface area contributed by atoms with Crippen LogP contribution in [0.25, 0.3) is 0 Å². The first-order valence-electron chi connectivity index (χ1n) is 7.91. The van der Waals surface area contributed by atoms with Crippen LogP contribution in [-0.4, -0.2) is 62.2 Å². The summed E-state index contributed by atoms with van der Waals surface area (Å²) in [6.45, 7) is 11.8. The van der Waals surface area contributed by atoms with Gasteiger partial charge in [-0.05, 0) is 52.9 Å². The Hall–Kier alpha value is -0.120. The van der Waals surface area contributed by atoms with Crippen LogP contribution in [0, 0.1) is 5.41 Å². The van der Waals surface area contributed by atoms with Crippen LogP contribution >= 0.6 is 0 Å². The molecule has 1 saturated carbocycles. The minimum Gasteiger partial charge on any atom is -0.315 e. The lowest BCUT2D eigenvalue weighted by Crippen LogP contribution is -2.60. The zero-order valence-electron chi connectivity index (χ0n) is 14.2. The highest BCUT2D eigenvalue weighted by molar-refractivity contribution is 4.98. The first-order chi connectivity index (χ1) is 8.83. The minimum atomic E-state index is 0.406. The fourth-order valence-corrected chi connectivity index (χ4v) is 4.06. The summed E-state index contributed by atoms with van der Waals surface area (Å²) in [7, 11) is 6.48. The lowest BCUT2D eigenvalue weighted by molar-refractivity contribution is 0.0273. The van der Waals surface area contributed by atoms with Crippen molar-refractivity contribution in [1.29, 1.82) is 0 Å². The van der Waals surface area contributed by atoms with E-state index >= 15 is 0 Å². The molecule has 3 heteroatoms. The predicted molar refractivity (Wildman–Crippen MR) is 84.7 cm³/mol. The molecule has 0 aromatic rings. The third-order valence-electron chi connectivity index (χ3n) is 4.85. The number of likely N-dealkylation sites (N-methyl/N-ethyl adjacent to an activating group) is 3. The molecule has 1 fully saturated rings. The van der Waals surface area contributed by atoms with Crippen molar-refractivity contribution < 1.29 is 0 Å². The molecule has 3 atom stereocenters. The highest BCUT2D eigenvalue weighted by Gasteiger charge is 2.41. The van der Waals surface area contributed by atoms with Gasteiger partial charge in [-0.1, -0.05) is 27.2 Å². The summed E-state index contributed by atoms with van der Waals surface area (Å²) in [6.07, 6.45) is 4.04. The highest BCUT2D eigenvalue weighted by atomic mass is 15.2. The predicted octanol–water partition coefficient (Wildman–Crippen LogP) is 2.43. The van der Waals surface area contributed by atoms with Gasteiger partial charge < -0.3 is 10.2 Å². The third kappa shape index (κ3) is 4.17. The standard InChI is InChI=1S/C16H35N3/c1-8-19(13(2)12-18(6)7)14-10-9-11-16(3,4)15(14)17-5/h13-15,17H,8-12H2,1-7H3. The molecule has 114 valence electrons. The van der Waals surface area contributed by atoms with E-state index in [1.54, 1.807) is 0 Å². The number of nitrogens with zero attached hydrogens (tertiary/aromatic N) is 2. The average Bonchev–Trinajstić information content (AvgIpc) is 2.28. The highest BCUT2D eigenvalue weighted by Crippen LogP contribution is 2.38. The molecule has 0 aromatic carbocycles. The van der Waals surface area contributed by atoms with E-state index in [-0.39, 0.29) is 0 Å². The van der Waals surface area contributed by atoms with Crippen LogP contribution in [0.2, 0.25) is 0 Å². The van der Waals surface area contributed by atoms with Crippen LogP contribution in [0.5, 0.6) is 0 Å². The van der Waals surface area contributed by atoms with Gasteiger partial charge in [-0.2, -0.15) is 0 Å². The van der Waals surface area contributed by atoms with Crippen molar-refractivity contribution in [2.24, 2.45) is 5.41 Å². The van der Waals surface area contributed by atoms with E-state index < -0.39 is 0 Å². The molecule has 1 aliphatic rings. The molecule has 0 spiro atoms. The van der Waals surface area contributed by atoms with E-state index in [9.17, 15) is 0 Å². The van der Waals surface area contributed by atoms with Crippen molar-refractivity contribution >= 4 is 0 Å². The molecule has 0 radical (unpaired) electrons. The second-order valence-corrected chi connectivity index (χ2v) is 7.16. The lowest BCUT2D eigenvalue weighted by Gasteiger charge is -2.50. The van der Waals surface area contributed by atoms with E-state index in [0.717, 1.165) is 13.1 Å². The first-order valence-corrected chi connectivity index (χ1v) is 7.91. The van der Waals surface area contributed by atoms with E-state index in [0.29, 0.717) is 23.5 Å². The molecule has 1 rings (SSSR count). The Kier molecular flexibility index (Phi) is 6.28. The number of rotatable bonds is 6. The maximum atomic E-state index is 3.61. The summed E-state index contributed by atoms with van der Waals surface area (Å²) in [5.74, 6) is 0. The van der Waals surface area contributed by atoms with E-state index in [2.05, 4.69) is 64.0 Å². The topological polar surface area (TPSA) is 18.5 Å². The van der Waals surface area contributed by atoms with Gasteiger partial charge in [-0.25, -0.2) is 0 Å². The van der Waals surface area contributed by atoms with Gasteiger partial charge in [0.1, 0.15) is 0 Å². The molecule has 0 saturated heterocycles. The Morgan fingerprint density at radius 1 is 1.32 bits per heavy atom. The zero-order chi connectivity index (χ0) is 14.6. The molecular weight excluding hydrogens is 234 g/mol. The summed E-state index contributed by atoms with van der Waals surface area (Å²) in [5.41, 5.74) is 0.406. The fourth-order valence-electron chi connectivity index (χ4n) is 4.06. The molecule has 0 amide bonds. The number of nitrogens with one attached hydrogen (secondary N) is 1. The molecular formula is C16H35N3. The molecule has 1 N–H and O–H groups in total. The normalized spacial score (nSPS) is 28.9. The van der Waals surface area contributed by atoms with Crippen molar-refractivity contribution in [2.75, 3.05) is 34.2 Å². The monoisotopic (exact) mass is 269 g/mol. The Morgan fingerprint density at radius 3 is 2.42 bits per heavy atom. The largest absolute Gasteiger partial charge is 0.315 e. The molecule has 1 aliphatic carbocycles. The van der Waals surface area contributed by atoms with Gasteiger partial charge in [0.05, 0.1) is 0 Å². The molecule has 0 bridgehead atoms. The summed E-state index contributed by atoms with van der Waals surface area (Å²) < 4.78 is 0. The van der Waals surface area contributed by atoms with E-state index in [1.165, 1.54) is 19.3 Å². The zero-order valence-corrected chi connectivity index (χ0v) is 14.2. The van der Waals surface area contributed by atoms with Crippen molar-refractivity contribution in [2.45, 2.75) is 65.1 Å². The third-order valence-corrected chi connectivity index (χ3v) is 4.85. The van der Waals surface area contributed by atoms with E-state index in [4.69, 9.17) is 0 Å². The van der Waals surface area contributed by atoms with Gasteiger partial charge in [0, 0.05) is 24.7 Å². The van der Waals surface area contributed by atoms with Crippen LogP contribution in [0.4, 0.5) is 0 Å². The summed E-state index contributed by atoms with van der Waals surface area (Å²) in [6, 6.07) is 1.90. The molecule has 19 heavy (non-hydrogen) atoms. The van der Waals surface area contributed by atoms with Crippen molar-refractivity contribution in [1.82, 2.24) is 15.1 Å². The number of hydrogen-bond acceptors (Lipinski definition) is 3. The summed E-state index contributed by atoms with van der Waals surface area (Å²) in [5, 5.41) is 3.61. The number of hydrogen-bond donors (Lipinski definition) is 1. The van der Waals surface area contributed by atoms with Crippen LogP contribution in [0.1, 0.15) is 47.0 Å². The Balaban J connectivity index is 2.83. The SMILES string of the molecule is CCN(C(C)CN(C)C)C1CCCC(C)(C)C1NC. The lowest BCUT2D eigenvalue weighted by atomic mass is 9.70. The van der Waals surface area contributed by atoms with Crippen LogP contribution in [0.15, 0.2) is 0 Å². The quantitative estimate of drug-likeness (QED) is 0.799. The summed E-state index contributed by atoms with van der Waals surface area (Å²) in [4.78, 5) is 5.01. The molecule has 3 unspecified atom stereocenters. The Labute approximate surface area is 120 Å². The van der Waals surface area contributed by atoms with Gasteiger partial charge in [0.15, 0.2) is 0 Å². The molecule has 3 nitrogen and oxygen atoms in total. The van der Waals surface area contributed by atoms with Gasteiger partial charge >= 0.3 is 0 Å². The minimum absolute atomic E-state index is 0.406. The van der Waals surface area contributed by atoms with Gasteiger partial charge in [-0.3, -0.25) is 4.90 Å². The average molecular weight is 269 g/mol. The second-order valence-electron chi connectivity index (χ2n) is 7.16. The Bertz CT molecular complexity index is 263. The first kappa shape index (κ1) is 16.9. The van der Waals surface area contributed by atoms with Gasteiger partial charge in [0.2, 0.25) is 0 Å². The van der Waals surface area contributed by atoms with Crippen molar-refractivity contribution in [3.05, 3.63) is 0 Å². The fraction of sp³-hybridized carbons (Fsp3) is 1.00. The molecule has 0 aromatic heterocycles. The van der Waals surface area contributed by atoms with Crippen molar-refractivity contribution in [3.8, 4) is 0 Å².